The topological polar surface area (TPSA) is 86.1 Å². The monoisotopic (exact) mass is 396 g/mol. The van der Waals surface area contributed by atoms with E-state index in [4.69, 9.17) is 4.74 Å². The van der Waals surface area contributed by atoms with E-state index in [0.29, 0.717) is 22.2 Å². The molecule has 0 aliphatic heterocycles. The molecule has 7 nitrogen and oxygen atoms in total. The number of carbonyl (C=O) groups is 2. The Labute approximate surface area is 167 Å². The van der Waals surface area contributed by atoms with Gasteiger partial charge in [0.15, 0.2) is 5.16 Å². The Hall–Kier alpha value is -3.13. The highest BCUT2D eigenvalue weighted by Gasteiger charge is 2.11. The summed E-state index contributed by atoms with van der Waals surface area (Å²) in [6.45, 7) is 3.96. The van der Waals surface area contributed by atoms with Gasteiger partial charge in [-0.25, -0.2) is 4.79 Å². The molecule has 0 saturated heterocycles. The van der Waals surface area contributed by atoms with Crippen molar-refractivity contribution in [2.75, 3.05) is 11.1 Å². The molecule has 0 atom stereocenters. The number of esters is 1. The second-order valence-electron chi connectivity index (χ2n) is 6.27. The molecule has 0 bridgehead atoms. The molecule has 3 rings (SSSR count). The highest BCUT2D eigenvalue weighted by Crippen LogP contribution is 2.19. The van der Waals surface area contributed by atoms with Crippen LogP contribution in [0, 0.1) is 13.8 Å². The Morgan fingerprint density at radius 2 is 1.86 bits per heavy atom. The normalized spacial score (nSPS) is 10.5. The van der Waals surface area contributed by atoms with Gasteiger partial charge in [-0.1, -0.05) is 17.8 Å². The van der Waals surface area contributed by atoms with Crippen molar-refractivity contribution in [3.8, 4) is 5.75 Å². The van der Waals surface area contributed by atoms with E-state index in [2.05, 4.69) is 15.5 Å². The minimum absolute atomic E-state index is 0.168. The average molecular weight is 396 g/mol. The van der Waals surface area contributed by atoms with Crippen molar-refractivity contribution in [3.63, 3.8) is 0 Å². The zero-order valence-corrected chi connectivity index (χ0v) is 16.6. The average Bonchev–Trinajstić information content (AvgIpc) is 3.08. The summed E-state index contributed by atoms with van der Waals surface area (Å²) in [5.74, 6) is 0.104. The summed E-state index contributed by atoms with van der Waals surface area (Å²) in [7, 11) is 1.82. The summed E-state index contributed by atoms with van der Waals surface area (Å²) < 4.78 is 7.15. The van der Waals surface area contributed by atoms with Gasteiger partial charge in [-0.05, 0) is 61.4 Å². The third-order valence-corrected chi connectivity index (χ3v) is 5.13. The summed E-state index contributed by atoms with van der Waals surface area (Å²) in [4.78, 5) is 24.3. The summed E-state index contributed by atoms with van der Waals surface area (Å²) >= 11 is 1.30. The summed E-state index contributed by atoms with van der Waals surface area (Å²) in [6.07, 6.45) is 1.58. The van der Waals surface area contributed by atoms with E-state index in [1.807, 2.05) is 33.0 Å². The summed E-state index contributed by atoms with van der Waals surface area (Å²) in [6, 6.07) is 12.1. The van der Waals surface area contributed by atoms with Gasteiger partial charge in [-0.3, -0.25) is 4.79 Å². The fraction of sp³-hybridized carbons (Fsp3) is 0.200. The largest absolute Gasteiger partial charge is 0.423 e. The molecule has 3 aromatic rings. The molecule has 8 heteroatoms. The number of thioether (sulfide) groups is 1. The first kappa shape index (κ1) is 19.6. The van der Waals surface area contributed by atoms with Crippen molar-refractivity contribution >= 4 is 29.3 Å². The molecule has 0 spiro atoms. The lowest BCUT2D eigenvalue weighted by Gasteiger charge is -2.08. The molecule has 28 heavy (non-hydrogen) atoms. The van der Waals surface area contributed by atoms with E-state index in [-0.39, 0.29) is 11.7 Å². The predicted octanol–water partition coefficient (Wildman–Crippen LogP) is 3.38. The van der Waals surface area contributed by atoms with Crippen molar-refractivity contribution in [3.05, 3.63) is 65.5 Å². The fourth-order valence-electron chi connectivity index (χ4n) is 2.36. The van der Waals surface area contributed by atoms with Gasteiger partial charge in [0.25, 0.3) is 0 Å². The lowest BCUT2D eigenvalue weighted by molar-refractivity contribution is -0.113. The van der Waals surface area contributed by atoms with E-state index in [1.54, 1.807) is 41.2 Å². The van der Waals surface area contributed by atoms with Crippen molar-refractivity contribution in [2.24, 2.45) is 7.05 Å². The number of carbonyl (C=O) groups excluding carboxylic acids is 2. The zero-order chi connectivity index (χ0) is 20.1. The molecule has 0 radical (unpaired) electrons. The van der Waals surface area contributed by atoms with E-state index in [9.17, 15) is 9.59 Å². The standard InChI is InChI=1S/C20H20N4O3S/c1-13-4-9-17(10-14(13)2)27-19(26)15-5-7-16(8-6-15)22-18(25)11-28-20-23-21-12-24(20)3/h4-10,12H,11H2,1-3H3,(H,22,25). The Balaban J connectivity index is 1.55. The molecule has 1 heterocycles. The summed E-state index contributed by atoms with van der Waals surface area (Å²) in [5, 5.41) is 11.1. The van der Waals surface area contributed by atoms with Crippen LogP contribution < -0.4 is 10.1 Å². The molecule has 1 N–H and O–H groups in total. The lowest BCUT2D eigenvalue weighted by atomic mass is 10.1. The Morgan fingerprint density at radius 3 is 2.50 bits per heavy atom. The first-order valence-corrected chi connectivity index (χ1v) is 9.57. The molecular weight excluding hydrogens is 376 g/mol. The molecule has 0 unspecified atom stereocenters. The number of aryl methyl sites for hydroxylation is 3. The first-order chi connectivity index (χ1) is 13.4. The number of hydrogen-bond acceptors (Lipinski definition) is 6. The predicted molar refractivity (Wildman–Crippen MR) is 108 cm³/mol. The van der Waals surface area contributed by atoms with E-state index < -0.39 is 5.97 Å². The van der Waals surface area contributed by atoms with Gasteiger partial charge >= 0.3 is 5.97 Å². The van der Waals surface area contributed by atoms with Crippen LogP contribution in [-0.2, 0) is 11.8 Å². The van der Waals surface area contributed by atoms with Gasteiger partial charge in [0.05, 0.1) is 11.3 Å². The highest BCUT2D eigenvalue weighted by molar-refractivity contribution is 7.99. The maximum Gasteiger partial charge on any atom is 0.343 e. The molecule has 144 valence electrons. The van der Waals surface area contributed by atoms with Crippen molar-refractivity contribution < 1.29 is 14.3 Å². The third kappa shape index (κ3) is 4.98. The molecule has 0 saturated carbocycles. The number of aromatic nitrogens is 3. The zero-order valence-electron chi connectivity index (χ0n) is 15.8. The SMILES string of the molecule is Cc1ccc(OC(=O)c2ccc(NC(=O)CSc3nncn3C)cc2)cc1C. The van der Waals surface area contributed by atoms with Crippen molar-refractivity contribution in [1.29, 1.82) is 0 Å². The van der Waals surface area contributed by atoms with E-state index in [0.717, 1.165) is 11.1 Å². The maximum absolute atomic E-state index is 12.3. The quantitative estimate of drug-likeness (QED) is 0.391. The van der Waals surface area contributed by atoms with Gasteiger partial charge in [-0.2, -0.15) is 0 Å². The van der Waals surface area contributed by atoms with Crippen molar-refractivity contribution in [1.82, 2.24) is 14.8 Å². The van der Waals surface area contributed by atoms with Crippen LogP contribution in [0.25, 0.3) is 0 Å². The van der Waals surface area contributed by atoms with E-state index in [1.165, 1.54) is 11.8 Å². The molecule has 0 fully saturated rings. The maximum atomic E-state index is 12.3. The van der Waals surface area contributed by atoms with Gasteiger partial charge in [0.1, 0.15) is 12.1 Å². The lowest BCUT2D eigenvalue weighted by Crippen LogP contribution is -2.15. The van der Waals surface area contributed by atoms with Crippen molar-refractivity contribution in [2.45, 2.75) is 19.0 Å². The van der Waals surface area contributed by atoms with Gasteiger partial charge < -0.3 is 14.6 Å². The van der Waals surface area contributed by atoms with Crippen LogP contribution in [0.4, 0.5) is 5.69 Å². The molecule has 1 aromatic heterocycles. The number of hydrogen-bond donors (Lipinski definition) is 1. The van der Waals surface area contributed by atoms with E-state index >= 15 is 0 Å². The second kappa shape index (κ2) is 8.71. The smallest absolute Gasteiger partial charge is 0.343 e. The van der Waals surface area contributed by atoms with Gasteiger partial charge in [0.2, 0.25) is 5.91 Å². The number of nitrogens with zero attached hydrogens (tertiary/aromatic N) is 3. The van der Waals surface area contributed by atoms with Crippen LogP contribution in [0.2, 0.25) is 0 Å². The minimum Gasteiger partial charge on any atom is -0.423 e. The molecule has 2 aromatic carbocycles. The Morgan fingerprint density at radius 1 is 1.11 bits per heavy atom. The number of benzene rings is 2. The van der Waals surface area contributed by atoms with Crippen LogP contribution >= 0.6 is 11.8 Å². The number of ether oxygens (including phenoxy) is 1. The molecule has 0 aliphatic carbocycles. The summed E-state index contributed by atoms with van der Waals surface area (Å²) in [5.41, 5.74) is 3.20. The number of amides is 1. The van der Waals surface area contributed by atoms with Crippen LogP contribution in [0.15, 0.2) is 53.9 Å². The van der Waals surface area contributed by atoms with Crippen LogP contribution in [0.1, 0.15) is 21.5 Å². The molecule has 0 aliphatic rings. The first-order valence-electron chi connectivity index (χ1n) is 8.58. The van der Waals surface area contributed by atoms with Gasteiger partial charge in [-0.15, -0.1) is 10.2 Å². The van der Waals surface area contributed by atoms with Gasteiger partial charge in [0, 0.05) is 12.7 Å². The van der Waals surface area contributed by atoms with Crippen LogP contribution in [-0.4, -0.2) is 32.4 Å². The number of rotatable bonds is 6. The van der Waals surface area contributed by atoms with Crippen LogP contribution in [0.5, 0.6) is 5.75 Å². The third-order valence-electron chi connectivity index (χ3n) is 4.10. The minimum atomic E-state index is -0.445. The number of nitrogens with one attached hydrogen (secondary N) is 1. The fourth-order valence-corrected chi connectivity index (χ4v) is 3.05. The second-order valence-corrected chi connectivity index (χ2v) is 7.22. The Kier molecular flexibility index (Phi) is 6.10. The van der Waals surface area contributed by atoms with Crippen LogP contribution in [0.3, 0.4) is 0 Å². The molecular formula is C20H20N4O3S. The Bertz CT molecular complexity index is 999. The molecule has 1 amide bonds. The number of anilines is 1. The highest BCUT2D eigenvalue weighted by atomic mass is 32.2.